The molecule has 0 bridgehead atoms. The highest BCUT2D eigenvalue weighted by molar-refractivity contribution is 7.09. The van der Waals surface area contributed by atoms with E-state index in [2.05, 4.69) is 17.2 Å². The Hall–Kier alpha value is -3.19. The van der Waals surface area contributed by atoms with Gasteiger partial charge in [0.25, 0.3) is 0 Å². The van der Waals surface area contributed by atoms with Crippen molar-refractivity contribution in [3.05, 3.63) is 75.7 Å². The molecule has 0 saturated carbocycles. The van der Waals surface area contributed by atoms with Crippen LogP contribution < -0.4 is 10.1 Å². The van der Waals surface area contributed by atoms with Crippen LogP contribution in [0.4, 0.5) is 5.69 Å². The fourth-order valence-corrected chi connectivity index (χ4v) is 3.48. The number of benzene rings is 2. The summed E-state index contributed by atoms with van der Waals surface area (Å²) in [4.78, 5) is 28.5. The minimum absolute atomic E-state index is 0.0485. The van der Waals surface area contributed by atoms with Crippen LogP contribution in [0.3, 0.4) is 0 Å². The predicted octanol–water partition coefficient (Wildman–Crippen LogP) is 4.32. The maximum Gasteiger partial charge on any atom is 0.344 e. The van der Waals surface area contributed by atoms with Gasteiger partial charge in [0.1, 0.15) is 17.4 Å². The standard InChI is InChI=1S/C23H24N2O4S/c1-3-17-8-10-19(11-9-17)28-14-23(27)29-13-18-15-30-22(24-18)12-21(26)25-20-7-5-4-6-16(20)2/h4-11,15H,3,12-14H2,1-2H3,(H,25,26). The highest BCUT2D eigenvalue weighted by Crippen LogP contribution is 2.16. The molecule has 0 spiro atoms. The summed E-state index contributed by atoms with van der Waals surface area (Å²) in [5.41, 5.74) is 3.61. The van der Waals surface area contributed by atoms with Crippen molar-refractivity contribution in [1.29, 1.82) is 0 Å². The molecule has 0 aliphatic rings. The zero-order valence-corrected chi connectivity index (χ0v) is 17.8. The summed E-state index contributed by atoms with van der Waals surface area (Å²) in [5.74, 6) is 0.0193. The van der Waals surface area contributed by atoms with Crippen molar-refractivity contribution in [2.45, 2.75) is 33.3 Å². The van der Waals surface area contributed by atoms with Gasteiger partial charge in [-0.3, -0.25) is 4.79 Å². The van der Waals surface area contributed by atoms with Gasteiger partial charge in [0, 0.05) is 11.1 Å². The first kappa shape index (κ1) is 21.5. The first-order valence-electron chi connectivity index (χ1n) is 9.69. The van der Waals surface area contributed by atoms with E-state index in [-0.39, 0.29) is 25.5 Å². The molecule has 1 amide bonds. The van der Waals surface area contributed by atoms with Gasteiger partial charge in [-0.15, -0.1) is 11.3 Å². The number of anilines is 1. The van der Waals surface area contributed by atoms with Gasteiger partial charge < -0.3 is 14.8 Å². The van der Waals surface area contributed by atoms with Gasteiger partial charge in [-0.25, -0.2) is 9.78 Å². The lowest BCUT2D eigenvalue weighted by Crippen LogP contribution is -2.15. The number of nitrogens with one attached hydrogen (secondary N) is 1. The number of carbonyl (C=O) groups is 2. The lowest BCUT2D eigenvalue weighted by molar-refractivity contribution is -0.147. The maximum absolute atomic E-state index is 12.2. The number of amides is 1. The summed E-state index contributed by atoms with van der Waals surface area (Å²) < 4.78 is 10.6. The molecule has 3 aromatic rings. The molecule has 3 rings (SSSR count). The molecule has 0 aliphatic carbocycles. The van der Waals surface area contributed by atoms with E-state index in [0.29, 0.717) is 16.5 Å². The number of para-hydroxylation sites is 1. The predicted molar refractivity (Wildman–Crippen MR) is 117 cm³/mol. The summed E-state index contributed by atoms with van der Waals surface area (Å²) in [5, 5.41) is 5.34. The molecule has 0 radical (unpaired) electrons. The molecule has 2 aromatic carbocycles. The summed E-state index contributed by atoms with van der Waals surface area (Å²) in [7, 11) is 0. The molecule has 6 nitrogen and oxygen atoms in total. The second-order valence-corrected chi connectivity index (χ2v) is 7.66. The Bertz CT molecular complexity index is 998. The van der Waals surface area contributed by atoms with Gasteiger partial charge in [-0.05, 0) is 42.7 Å². The molecular formula is C23H24N2O4S. The number of thiazole rings is 1. The third kappa shape index (κ3) is 6.42. The van der Waals surface area contributed by atoms with Crippen LogP contribution in [0, 0.1) is 6.92 Å². The Kier molecular flexibility index (Phi) is 7.57. The van der Waals surface area contributed by atoms with Gasteiger partial charge in [-0.2, -0.15) is 0 Å². The molecule has 30 heavy (non-hydrogen) atoms. The van der Waals surface area contributed by atoms with E-state index in [1.165, 1.54) is 16.9 Å². The number of hydrogen-bond acceptors (Lipinski definition) is 6. The van der Waals surface area contributed by atoms with Crippen molar-refractivity contribution in [3.8, 4) is 5.75 Å². The number of aromatic nitrogens is 1. The maximum atomic E-state index is 12.2. The second kappa shape index (κ2) is 10.5. The molecule has 0 saturated heterocycles. The molecular weight excluding hydrogens is 400 g/mol. The van der Waals surface area contributed by atoms with Gasteiger partial charge >= 0.3 is 5.97 Å². The van der Waals surface area contributed by atoms with Gasteiger partial charge in [0.05, 0.1) is 12.1 Å². The fraction of sp³-hybridized carbons (Fsp3) is 0.261. The van der Waals surface area contributed by atoms with Crippen LogP contribution >= 0.6 is 11.3 Å². The molecule has 1 aromatic heterocycles. The van der Waals surface area contributed by atoms with Crippen LogP contribution in [-0.2, 0) is 33.8 Å². The molecule has 1 N–H and O–H groups in total. The number of aryl methyl sites for hydroxylation is 2. The van der Waals surface area contributed by atoms with Crippen LogP contribution in [0.15, 0.2) is 53.9 Å². The Morgan fingerprint density at radius 2 is 1.87 bits per heavy atom. The smallest absolute Gasteiger partial charge is 0.344 e. The van der Waals surface area contributed by atoms with Crippen LogP contribution in [0.1, 0.15) is 28.8 Å². The highest BCUT2D eigenvalue weighted by atomic mass is 32.1. The Morgan fingerprint density at radius 3 is 2.60 bits per heavy atom. The van der Waals surface area contributed by atoms with Gasteiger partial charge in [-0.1, -0.05) is 37.3 Å². The topological polar surface area (TPSA) is 77.5 Å². The largest absolute Gasteiger partial charge is 0.482 e. The molecule has 7 heteroatoms. The summed E-state index contributed by atoms with van der Waals surface area (Å²) in [6.45, 7) is 3.90. The number of carbonyl (C=O) groups excluding carboxylic acids is 2. The van der Waals surface area contributed by atoms with Crippen molar-refractivity contribution in [2.75, 3.05) is 11.9 Å². The SMILES string of the molecule is CCc1ccc(OCC(=O)OCc2csc(CC(=O)Nc3ccccc3C)n2)cc1. The second-order valence-electron chi connectivity index (χ2n) is 6.72. The first-order valence-corrected chi connectivity index (χ1v) is 10.6. The minimum atomic E-state index is -0.471. The number of esters is 1. The summed E-state index contributed by atoms with van der Waals surface area (Å²) in [6.07, 6.45) is 1.12. The van der Waals surface area contributed by atoms with E-state index in [1.807, 2.05) is 55.5 Å². The zero-order valence-electron chi connectivity index (χ0n) is 17.0. The molecule has 0 atom stereocenters. The van der Waals surface area contributed by atoms with Crippen LogP contribution in [0.5, 0.6) is 5.75 Å². The third-order valence-electron chi connectivity index (χ3n) is 4.40. The summed E-state index contributed by atoms with van der Waals surface area (Å²) in [6, 6.07) is 15.2. The van der Waals surface area contributed by atoms with E-state index in [4.69, 9.17) is 9.47 Å². The molecule has 1 heterocycles. The van der Waals surface area contributed by atoms with E-state index in [9.17, 15) is 9.59 Å². The number of hydrogen-bond donors (Lipinski definition) is 1. The normalized spacial score (nSPS) is 10.5. The summed E-state index contributed by atoms with van der Waals surface area (Å²) >= 11 is 1.36. The van der Waals surface area contributed by atoms with Crippen molar-refractivity contribution < 1.29 is 19.1 Å². The van der Waals surface area contributed by atoms with E-state index >= 15 is 0 Å². The first-order chi connectivity index (χ1) is 14.5. The third-order valence-corrected chi connectivity index (χ3v) is 5.30. The zero-order chi connectivity index (χ0) is 21.3. The van der Waals surface area contributed by atoms with Crippen molar-refractivity contribution in [3.63, 3.8) is 0 Å². The van der Waals surface area contributed by atoms with Crippen LogP contribution in [0.2, 0.25) is 0 Å². The average molecular weight is 425 g/mol. The molecule has 0 unspecified atom stereocenters. The quantitative estimate of drug-likeness (QED) is 0.518. The Balaban J connectivity index is 1.41. The average Bonchev–Trinajstić information content (AvgIpc) is 3.20. The van der Waals surface area contributed by atoms with Crippen molar-refractivity contribution >= 4 is 28.9 Å². The lowest BCUT2D eigenvalue weighted by Gasteiger charge is -2.07. The molecule has 156 valence electrons. The van der Waals surface area contributed by atoms with E-state index < -0.39 is 5.97 Å². The highest BCUT2D eigenvalue weighted by Gasteiger charge is 2.11. The number of ether oxygens (including phenoxy) is 2. The number of rotatable bonds is 9. The Labute approximate surface area is 179 Å². The lowest BCUT2D eigenvalue weighted by atomic mass is 10.2. The van der Waals surface area contributed by atoms with E-state index in [1.54, 1.807) is 5.38 Å². The van der Waals surface area contributed by atoms with Gasteiger partial charge in [0.15, 0.2) is 6.61 Å². The number of nitrogens with zero attached hydrogens (tertiary/aromatic N) is 1. The monoisotopic (exact) mass is 424 g/mol. The molecule has 0 fully saturated rings. The van der Waals surface area contributed by atoms with Crippen LogP contribution in [0.25, 0.3) is 0 Å². The Morgan fingerprint density at radius 1 is 1.10 bits per heavy atom. The fourth-order valence-electron chi connectivity index (χ4n) is 2.70. The molecule has 0 aliphatic heterocycles. The van der Waals surface area contributed by atoms with Crippen molar-refractivity contribution in [2.24, 2.45) is 0 Å². The van der Waals surface area contributed by atoms with E-state index in [0.717, 1.165) is 17.7 Å². The van der Waals surface area contributed by atoms with Crippen LogP contribution in [-0.4, -0.2) is 23.5 Å². The minimum Gasteiger partial charge on any atom is -0.482 e. The van der Waals surface area contributed by atoms with Crippen molar-refractivity contribution in [1.82, 2.24) is 4.98 Å². The van der Waals surface area contributed by atoms with Gasteiger partial charge in [0.2, 0.25) is 5.91 Å².